The molecule has 3 aliphatic rings. The van der Waals surface area contributed by atoms with Gasteiger partial charge in [-0.25, -0.2) is 8.42 Å². The Morgan fingerprint density at radius 1 is 1.24 bits per heavy atom. The molecule has 4 rings (SSSR count). The highest BCUT2D eigenvalue weighted by atomic mass is 35.7. The summed E-state index contributed by atoms with van der Waals surface area (Å²) in [5, 5.41) is 8.04. The highest BCUT2D eigenvalue weighted by Gasteiger charge is 2.66. The summed E-state index contributed by atoms with van der Waals surface area (Å²) in [6, 6.07) is 0. The summed E-state index contributed by atoms with van der Waals surface area (Å²) in [5.41, 5.74) is 0. The number of hydrogen-bond donors (Lipinski definition) is 0. The van der Waals surface area contributed by atoms with Crippen LogP contribution in [0.2, 0.25) is 0 Å². The topological polar surface area (TPSA) is 64.8 Å². The lowest BCUT2D eigenvalue weighted by atomic mass is 10.0. The lowest BCUT2D eigenvalue weighted by Gasteiger charge is -2.13. The fourth-order valence-corrected chi connectivity index (χ4v) is 5.85. The predicted molar refractivity (Wildman–Crippen MR) is 78.5 cm³/mol. The Morgan fingerprint density at radius 2 is 1.86 bits per heavy atom. The van der Waals surface area contributed by atoms with Crippen LogP contribution in [0.3, 0.4) is 0 Å². The molecule has 0 amide bonds. The van der Waals surface area contributed by atoms with Crippen LogP contribution in [0, 0.1) is 29.6 Å². The second-order valence-electron chi connectivity index (χ2n) is 7.30. The van der Waals surface area contributed by atoms with Crippen LogP contribution < -0.4 is 0 Å². The van der Waals surface area contributed by atoms with Crippen molar-refractivity contribution in [3.63, 3.8) is 0 Å². The van der Waals surface area contributed by atoms with Crippen molar-refractivity contribution < 1.29 is 8.42 Å². The minimum Gasteiger partial charge on any atom is -0.300 e. The third kappa shape index (κ3) is 2.05. The smallest absolute Gasteiger partial charge is 0.296 e. The number of halogens is 1. The lowest BCUT2D eigenvalue weighted by Crippen LogP contribution is -2.14. The van der Waals surface area contributed by atoms with Gasteiger partial charge in [0.05, 0.1) is 0 Å². The number of aromatic nitrogens is 3. The van der Waals surface area contributed by atoms with Crippen LogP contribution in [0.4, 0.5) is 0 Å². The summed E-state index contributed by atoms with van der Waals surface area (Å²) in [7, 11) is 1.69. The normalized spacial score (nSPS) is 37.2. The highest BCUT2D eigenvalue weighted by Crippen LogP contribution is 2.72. The van der Waals surface area contributed by atoms with Crippen molar-refractivity contribution in [1.29, 1.82) is 0 Å². The molecule has 1 aromatic heterocycles. The Hall–Kier alpha value is -0.620. The van der Waals surface area contributed by atoms with Gasteiger partial charge in [-0.05, 0) is 48.9 Å². The Morgan fingerprint density at radius 3 is 2.38 bits per heavy atom. The Bertz CT molecular complexity index is 668. The molecule has 0 N–H and O–H groups in total. The van der Waals surface area contributed by atoms with Gasteiger partial charge < -0.3 is 4.57 Å². The van der Waals surface area contributed by atoms with Crippen LogP contribution >= 0.6 is 10.7 Å². The van der Waals surface area contributed by atoms with E-state index in [1.54, 1.807) is 4.57 Å². The van der Waals surface area contributed by atoms with Gasteiger partial charge >= 0.3 is 0 Å². The summed E-state index contributed by atoms with van der Waals surface area (Å²) in [4.78, 5) is 0. The first-order chi connectivity index (χ1) is 9.88. The first-order valence-corrected chi connectivity index (χ1v) is 10.1. The van der Waals surface area contributed by atoms with Crippen LogP contribution in [0.1, 0.15) is 44.9 Å². The van der Waals surface area contributed by atoms with Gasteiger partial charge in [0.1, 0.15) is 5.82 Å². The van der Waals surface area contributed by atoms with E-state index in [0.29, 0.717) is 30.2 Å². The average Bonchev–Trinajstić information content (AvgIpc) is 2.77. The number of fused-ring (bicyclic) bond motifs is 5. The zero-order valence-corrected chi connectivity index (χ0v) is 13.8. The van der Waals surface area contributed by atoms with Gasteiger partial charge in [0.25, 0.3) is 14.2 Å². The molecule has 0 aromatic carbocycles. The van der Waals surface area contributed by atoms with Crippen molar-refractivity contribution >= 4 is 19.7 Å². The predicted octanol–water partition coefficient (Wildman–Crippen LogP) is 2.62. The third-order valence-corrected chi connectivity index (χ3v) is 6.70. The molecule has 116 valence electrons. The van der Waals surface area contributed by atoms with Crippen molar-refractivity contribution in [2.24, 2.45) is 29.6 Å². The molecule has 21 heavy (non-hydrogen) atoms. The second-order valence-corrected chi connectivity index (χ2v) is 9.76. The summed E-state index contributed by atoms with van der Waals surface area (Å²) >= 11 is 0. The van der Waals surface area contributed by atoms with Gasteiger partial charge in [-0.1, -0.05) is 13.8 Å². The van der Waals surface area contributed by atoms with E-state index in [9.17, 15) is 8.42 Å². The minimum absolute atomic E-state index is 0.0785. The van der Waals surface area contributed by atoms with Crippen LogP contribution in [0.25, 0.3) is 0 Å². The van der Waals surface area contributed by atoms with E-state index in [2.05, 4.69) is 24.0 Å². The van der Waals surface area contributed by atoms with Crippen molar-refractivity contribution in [3.8, 4) is 0 Å². The molecule has 4 atom stereocenters. The van der Waals surface area contributed by atoms with Gasteiger partial charge in [0, 0.05) is 23.1 Å². The molecule has 3 fully saturated rings. The first kappa shape index (κ1) is 14.0. The van der Waals surface area contributed by atoms with Crippen molar-refractivity contribution in [2.75, 3.05) is 0 Å². The third-order valence-electron chi connectivity index (χ3n) is 5.54. The summed E-state index contributed by atoms with van der Waals surface area (Å²) < 4.78 is 25.2. The Labute approximate surface area is 129 Å². The average molecular weight is 330 g/mol. The van der Waals surface area contributed by atoms with Gasteiger partial charge in [0.2, 0.25) is 0 Å². The maximum atomic E-state index is 11.7. The van der Waals surface area contributed by atoms with E-state index in [-0.39, 0.29) is 5.16 Å². The van der Waals surface area contributed by atoms with E-state index in [1.807, 2.05) is 0 Å². The number of rotatable bonds is 4. The molecule has 3 aliphatic carbocycles. The molecule has 5 nitrogen and oxygen atoms in total. The summed E-state index contributed by atoms with van der Waals surface area (Å²) in [6.07, 6.45) is 4.04. The Kier molecular flexibility index (Phi) is 2.96. The molecule has 4 unspecified atom stereocenters. The van der Waals surface area contributed by atoms with E-state index in [4.69, 9.17) is 10.7 Å². The van der Waals surface area contributed by atoms with Crippen LogP contribution in [-0.4, -0.2) is 23.2 Å². The van der Waals surface area contributed by atoms with Crippen LogP contribution in [0.5, 0.6) is 0 Å². The monoisotopic (exact) mass is 329 g/mol. The SMILES string of the molecule is CC(C)Cn1c(C2C3C4CCC(C4)C23)nnc1S(=O)(=O)Cl. The molecule has 3 saturated carbocycles. The Balaban J connectivity index is 1.72. The molecular weight excluding hydrogens is 310 g/mol. The van der Waals surface area contributed by atoms with E-state index < -0.39 is 9.05 Å². The van der Waals surface area contributed by atoms with Crippen molar-refractivity contribution in [2.45, 2.75) is 50.7 Å². The van der Waals surface area contributed by atoms with Gasteiger partial charge in [-0.3, -0.25) is 0 Å². The molecule has 2 bridgehead atoms. The largest absolute Gasteiger partial charge is 0.300 e. The number of hydrogen-bond acceptors (Lipinski definition) is 4. The van der Waals surface area contributed by atoms with Crippen molar-refractivity contribution in [1.82, 2.24) is 14.8 Å². The second kappa shape index (κ2) is 4.44. The lowest BCUT2D eigenvalue weighted by molar-refractivity contribution is 0.447. The highest BCUT2D eigenvalue weighted by molar-refractivity contribution is 8.13. The maximum Gasteiger partial charge on any atom is 0.296 e. The summed E-state index contributed by atoms with van der Waals surface area (Å²) in [5.74, 6) is 4.67. The molecule has 0 radical (unpaired) electrons. The molecule has 0 aliphatic heterocycles. The molecular formula is C14H20ClN3O2S. The van der Waals surface area contributed by atoms with Gasteiger partial charge in [0.15, 0.2) is 0 Å². The van der Waals surface area contributed by atoms with E-state index >= 15 is 0 Å². The minimum atomic E-state index is -3.84. The number of nitrogens with zero attached hydrogens (tertiary/aromatic N) is 3. The molecule has 0 saturated heterocycles. The van der Waals surface area contributed by atoms with Gasteiger partial charge in [-0.15, -0.1) is 10.2 Å². The molecule has 0 spiro atoms. The molecule has 1 aromatic rings. The molecule has 1 heterocycles. The molecule has 7 heteroatoms. The first-order valence-electron chi connectivity index (χ1n) is 7.75. The fourth-order valence-electron chi connectivity index (χ4n) is 4.93. The van der Waals surface area contributed by atoms with E-state index in [1.165, 1.54) is 19.3 Å². The van der Waals surface area contributed by atoms with Gasteiger partial charge in [-0.2, -0.15) is 0 Å². The summed E-state index contributed by atoms with van der Waals surface area (Å²) in [6.45, 7) is 4.73. The fraction of sp³-hybridized carbons (Fsp3) is 0.857. The van der Waals surface area contributed by atoms with Crippen LogP contribution in [0.15, 0.2) is 5.16 Å². The zero-order valence-electron chi connectivity index (χ0n) is 12.2. The standard InChI is InChI=1S/C14H20ClN3O2S/c1-7(2)6-18-13(16-17-14(18)21(15,19)20)12-10-8-3-4-9(5-8)11(10)12/h7-12H,3-6H2,1-2H3. The quantitative estimate of drug-likeness (QED) is 0.796. The van der Waals surface area contributed by atoms with Crippen molar-refractivity contribution in [3.05, 3.63) is 5.82 Å². The maximum absolute atomic E-state index is 11.7. The zero-order chi connectivity index (χ0) is 14.9. The van der Waals surface area contributed by atoms with E-state index in [0.717, 1.165) is 17.7 Å². The van der Waals surface area contributed by atoms with Crippen LogP contribution in [-0.2, 0) is 15.6 Å².